The van der Waals surface area contributed by atoms with Gasteiger partial charge in [0.05, 0.1) is 31.5 Å². The maximum absolute atomic E-state index is 16.5. The van der Waals surface area contributed by atoms with Crippen LogP contribution in [0.15, 0.2) is 70.5 Å². The molecule has 1 unspecified atom stereocenters. The molecule has 212 valence electrons. The first-order valence-corrected chi connectivity index (χ1v) is 13.9. The highest BCUT2D eigenvalue weighted by Crippen LogP contribution is 2.41. The Balaban J connectivity index is 1.24. The number of halogens is 1. The molecule has 0 saturated carbocycles. The van der Waals surface area contributed by atoms with Gasteiger partial charge in [0.15, 0.2) is 11.3 Å². The maximum Gasteiger partial charge on any atom is 0.337 e. The summed E-state index contributed by atoms with van der Waals surface area (Å²) in [5.74, 6) is 0.742. The Kier molecular flexibility index (Phi) is 8.40. The molecule has 1 atom stereocenters. The van der Waals surface area contributed by atoms with E-state index < -0.39 is 11.6 Å². The largest absolute Gasteiger partial charge is 0.497 e. The molecule has 1 aromatic heterocycles. The van der Waals surface area contributed by atoms with E-state index in [1.54, 1.807) is 24.3 Å². The van der Waals surface area contributed by atoms with Gasteiger partial charge in [-0.2, -0.15) is 4.98 Å². The number of piperidine rings is 1. The Morgan fingerprint density at radius 1 is 1.12 bits per heavy atom. The van der Waals surface area contributed by atoms with Crippen molar-refractivity contribution in [3.63, 3.8) is 0 Å². The molecule has 8 nitrogen and oxygen atoms in total. The number of methoxy groups -OCH3 is 1. The van der Waals surface area contributed by atoms with Gasteiger partial charge in [-0.05, 0) is 56.5 Å². The molecular weight excluding hydrogens is 513 g/mol. The fraction of sp³-hybridized carbons (Fsp3) is 0.419. The molecule has 0 amide bonds. The highest BCUT2D eigenvalue weighted by molar-refractivity contribution is 5.93. The van der Waals surface area contributed by atoms with Crippen LogP contribution in [0.1, 0.15) is 49.0 Å². The van der Waals surface area contributed by atoms with Gasteiger partial charge < -0.3 is 23.9 Å². The lowest BCUT2D eigenvalue weighted by molar-refractivity contribution is 0.0600. The zero-order chi connectivity index (χ0) is 28.1. The SMILES string of the molecule is CCOC1=CC(F)(CN2CCC(Nc3nc4ccc(C(=O)OC)cc4o3)CC2)CC(OCC)=C1c1ccccc1. The van der Waals surface area contributed by atoms with Crippen molar-refractivity contribution in [3.05, 3.63) is 77.3 Å². The number of hydrogen-bond acceptors (Lipinski definition) is 8. The maximum atomic E-state index is 16.5. The average molecular weight is 550 g/mol. The molecule has 0 spiro atoms. The van der Waals surface area contributed by atoms with E-state index in [0.717, 1.165) is 37.1 Å². The molecule has 1 N–H and O–H groups in total. The zero-order valence-electron chi connectivity index (χ0n) is 23.2. The zero-order valence-corrected chi connectivity index (χ0v) is 23.2. The van der Waals surface area contributed by atoms with Crippen LogP contribution in [0.3, 0.4) is 0 Å². The van der Waals surface area contributed by atoms with E-state index in [2.05, 4.69) is 15.2 Å². The number of rotatable bonds is 10. The number of nitrogens with one attached hydrogen (secondary N) is 1. The second-order valence-corrected chi connectivity index (χ2v) is 10.1. The van der Waals surface area contributed by atoms with Crippen LogP contribution in [0.5, 0.6) is 0 Å². The van der Waals surface area contributed by atoms with Gasteiger partial charge in [-0.3, -0.25) is 4.90 Å². The minimum atomic E-state index is -1.61. The average Bonchev–Trinajstić information content (AvgIpc) is 3.36. The third kappa shape index (κ3) is 6.14. The van der Waals surface area contributed by atoms with E-state index in [4.69, 9.17) is 18.6 Å². The van der Waals surface area contributed by atoms with E-state index in [1.165, 1.54) is 7.11 Å². The number of fused-ring (bicyclic) bond motifs is 1. The predicted octanol–water partition coefficient (Wildman–Crippen LogP) is 5.97. The second-order valence-electron chi connectivity index (χ2n) is 10.1. The Bertz CT molecular complexity index is 1390. The van der Waals surface area contributed by atoms with Crippen LogP contribution in [-0.4, -0.2) is 67.5 Å². The fourth-order valence-corrected chi connectivity index (χ4v) is 5.44. The molecule has 1 fully saturated rings. The van der Waals surface area contributed by atoms with Crippen molar-refractivity contribution in [2.45, 2.75) is 44.8 Å². The first kappa shape index (κ1) is 27.7. The molecule has 2 heterocycles. The van der Waals surface area contributed by atoms with Crippen molar-refractivity contribution < 1.29 is 27.8 Å². The molecule has 40 heavy (non-hydrogen) atoms. The number of allylic oxidation sites excluding steroid dienone is 2. The highest BCUT2D eigenvalue weighted by Gasteiger charge is 2.39. The molecule has 2 aromatic carbocycles. The van der Waals surface area contributed by atoms with Crippen molar-refractivity contribution >= 4 is 28.7 Å². The summed E-state index contributed by atoms with van der Waals surface area (Å²) in [5, 5.41) is 3.36. The topological polar surface area (TPSA) is 86.1 Å². The Morgan fingerprint density at radius 3 is 2.58 bits per heavy atom. The van der Waals surface area contributed by atoms with Gasteiger partial charge in [-0.1, -0.05) is 30.3 Å². The summed E-state index contributed by atoms with van der Waals surface area (Å²) < 4.78 is 39.1. The summed E-state index contributed by atoms with van der Waals surface area (Å²) in [6.45, 7) is 6.44. The summed E-state index contributed by atoms with van der Waals surface area (Å²) in [5.41, 5.74) is 1.77. The molecule has 0 radical (unpaired) electrons. The number of alkyl halides is 1. The van der Waals surface area contributed by atoms with Crippen molar-refractivity contribution in [1.29, 1.82) is 0 Å². The monoisotopic (exact) mass is 549 g/mol. The molecule has 1 saturated heterocycles. The number of esters is 1. The van der Waals surface area contributed by atoms with Crippen molar-refractivity contribution in [3.8, 4) is 0 Å². The summed E-state index contributed by atoms with van der Waals surface area (Å²) in [7, 11) is 1.34. The van der Waals surface area contributed by atoms with Gasteiger partial charge in [0.25, 0.3) is 6.01 Å². The molecular formula is C31H36FN3O5. The molecule has 1 aliphatic heterocycles. The van der Waals surface area contributed by atoms with Gasteiger partial charge in [0.2, 0.25) is 0 Å². The molecule has 5 rings (SSSR count). The van der Waals surface area contributed by atoms with Crippen LogP contribution < -0.4 is 5.32 Å². The third-order valence-electron chi connectivity index (χ3n) is 7.26. The number of carbonyl (C=O) groups excluding carboxylic acids is 1. The predicted molar refractivity (Wildman–Crippen MR) is 152 cm³/mol. The summed E-state index contributed by atoms with van der Waals surface area (Å²) >= 11 is 0. The van der Waals surface area contributed by atoms with E-state index in [-0.39, 0.29) is 19.0 Å². The van der Waals surface area contributed by atoms with Crippen LogP contribution in [0, 0.1) is 0 Å². The van der Waals surface area contributed by atoms with E-state index >= 15 is 4.39 Å². The molecule has 1 aliphatic carbocycles. The summed E-state index contributed by atoms with van der Waals surface area (Å²) in [6.07, 6.45) is 3.43. The minimum Gasteiger partial charge on any atom is -0.497 e. The number of carbonyl (C=O) groups is 1. The van der Waals surface area contributed by atoms with E-state index in [1.807, 2.05) is 44.2 Å². The fourth-order valence-electron chi connectivity index (χ4n) is 5.44. The van der Waals surface area contributed by atoms with Crippen LogP contribution in [0.25, 0.3) is 16.7 Å². The first-order chi connectivity index (χ1) is 19.4. The highest BCUT2D eigenvalue weighted by atomic mass is 19.1. The lowest BCUT2D eigenvalue weighted by Gasteiger charge is -2.38. The number of likely N-dealkylation sites (tertiary alicyclic amines) is 1. The standard InChI is InChI=1S/C31H36FN3O5/c1-4-38-26-18-31(32,19-27(39-5-2)28(26)21-9-7-6-8-10-21)20-35-15-13-23(14-16-35)33-30-34-24-12-11-22(29(36)37-3)17-25(24)40-30/h6-12,17-18,23H,4-5,13-16,19-20H2,1-3H3,(H,33,34). The number of aromatic nitrogens is 1. The number of hydrogen-bond donors (Lipinski definition) is 1. The summed E-state index contributed by atoms with van der Waals surface area (Å²) in [6, 6.07) is 15.5. The van der Waals surface area contributed by atoms with Crippen molar-refractivity contribution in [1.82, 2.24) is 9.88 Å². The van der Waals surface area contributed by atoms with Crippen LogP contribution in [0.2, 0.25) is 0 Å². The second kappa shape index (κ2) is 12.1. The van der Waals surface area contributed by atoms with Crippen molar-refractivity contribution in [2.75, 3.05) is 45.3 Å². The lowest BCUT2D eigenvalue weighted by Crippen LogP contribution is -2.46. The van der Waals surface area contributed by atoms with Gasteiger partial charge in [0.1, 0.15) is 17.0 Å². The Hall–Kier alpha value is -3.85. The van der Waals surface area contributed by atoms with E-state index in [9.17, 15) is 4.79 Å². The quantitative estimate of drug-likeness (QED) is 0.310. The van der Waals surface area contributed by atoms with Gasteiger partial charge in [-0.15, -0.1) is 0 Å². The van der Waals surface area contributed by atoms with Crippen LogP contribution >= 0.6 is 0 Å². The van der Waals surface area contributed by atoms with Crippen molar-refractivity contribution in [2.24, 2.45) is 0 Å². The summed E-state index contributed by atoms with van der Waals surface area (Å²) in [4.78, 5) is 18.5. The smallest absolute Gasteiger partial charge is 0.337 e. The van der Waals surface area contributed by atoms with Gasteiger partial charge >= 0.3 is 5.97 Å². The third-order valence-corrected chi connectivity index (χ3v) is 7.26. The van der Waals surface area contributed by atoms with Gasteiger partial charge in [-0.25, -0.2) is 9.18 Å². The Morgan fingerprint density at radius 2 is 1.88 bits per heavy atom. The number of benzene rings is 2. The first-order valence-electron chi connectivity index (χ1n) is 13.9. The molecule has 9 heteroatoms. The normalized spacial score (nSPS) is 20.4. The number of oxazole rings is 1. The molecule has 2 aliphatic rings. The molecule has 3 aromatic rings. The number of nitrogens with zero attached hydrogens (tertiary/aromatic N) is 2. The minimum absolute atomic E-state index is 0.143. The van der Waals surface area contributed by atoms with E-state index in [0.29, 0.717) is 47.4 Å². The number of ether oxygens (including phenoxy) is 3. The number of anilines is 1. The lowest BCUT2D eigenvalue weighted by atomic mass is 9.86. The van der Waals surface area contributed by atoms with Gasteiger partial charge in [0, 0.05) is 32.1 Å². The van der Waals surface area contributed by atoms with Crippen LogP contribution in [-0.2, 0) is 14.2 Å². The molecule has 0 bridgehead atoms. The Labute approximate surface area is 233 Å². The van der Waals surface area contributed by atoms with Crippen LogP contribution in [0.4, 0.5) is 10.4 Å².